The number of nitrogens with one attached hydrogen (secondary N) is 2. The Hall–Kier alpha value is -2.60. The number of hydrogen-bond donors (Lipinski definition) is 2. The molecule has 3 rings (SSSR count). The van der Waals surface area contributed by atoms with Crippen LogP contribution in [0.5, 0.6) is 0 Å². The van der Waals surface area contributed by atoms with E-state index in [4.69, 9.17) is 0 Å². The van der Waals surface area contributed by atoms with E-state index < -0.39 is 21.3 Å². The molecule has 0 radical (unpaired) electrons. The van der Waals surface area contributed by atoms with Crippen molar-refractivity contribution in [2.75, 3.05) is 5.32 Å². The second-order valence-electron chi connectivity index (χ2n) is 6.73. The van der Waals surface area contributed by atoms with E-state index >= 15 is 0 Å². The Labute approximate surface area is 154 Å². The molecule has 6 heteroatoms. The second kappa shape index (κ2) is 6.96. The van der Waals surface area contributed by atoms with Gasteiger partial charge in [-0.3, -0.25) is 4.79 Å². The lowest BCUT2D eigenvalue weighted by molar-refractivity contribution is -0.124. The number of sulfonamides is 1. The average Bonchev–Trinajstić information content (AvgIpc) is 3.33. The average molecular weight is 370 g/mol. The van der Waals surface area contributed by atoms with E-state index in [1.807, 2.05) is 30.3 Å². The van der Waals surface area contributed by atoms with Crippen LogP contribution in [0.25, 0.3) is 0 Å². The summed E-state index contributed by atoms with van der Waals surface area (Å²) in [5.74, 6) is -0.468. The van der Waals surface area contributed by atoms with Gasteiger partial charge in [0, 0.05) is 6.54 Å². The van der Waals surface area contributed by atoms with Crippen molar-refractivity contribution in [1.29, 1.82) is 0 Å². The van der Waals surface area contributed by atoms with Crippen LogP contribution in [0.1, 0.15) is 18.9 Å². The van der Waals surface area contributed by atoms with E-state index in [9.17, 15) is 13.2 Å². The van der Waals surface area contributed by atoms with Gasteiger partial charge in [0.05, 0.1) is 11.1 Å². The highest BCUT2D eigenvalue weighted by atomic mass is 32.2. The molecular formula is C20H22N2O3S. The zero-order valence-corrected chi connectivity index (χ0v) is 15.4. The molecule has 2 aromatic rings. The van der Waals surface area contributed by atoms with Crippen LogP contribution in [0.15, 0.2) is 72.1 Å². The zero-order valence-electron chi connectivity index (χ0n) is 14.6. The number of benzene rings is 2. The number of hydrogen-bond acceptors (Lipinski definition) is 4. The molecule has 5 nitrogen and oxygen atoms in total. The summed E-state index contributed by atoms with van der Waals surface area (Å²) in [5, 5.41) is 3.14. The van der Waals surface area contributed by atoms with E-state index in [0.717, 1.165) is 5.56 Å². The van der Waals surface area contributed by atoms with Crippen molar-refractivity contribution in [2.45, 2.75) is 24.8 Å². The molecule has 0 unspecified atom stereocenters. The van der Waals surface area contributed by atoms with Crippen molar-refractivity contribution < 1.29 is 13.2 Å². The Balaban J connectivity index is 1.77. The van der Waals surface area contributed by atoms with Gasteiger partial charge < -0.3 is 5.32 Å². The van der Waals surface area contributed by atoms with E-state index in [0.29, 0.717) is 18.7 Å². The lowest BCUT2D eigenvalue weighted by Crippen LogP contribution is -2.36. The van der Waals surface area contributed by atoms with Crippen molar-refractivity contribution >= 4 is 21.6 Å². The van der Waals surface area contributed by atoms with Gasteiger partial charge in [-0.2, -0.15) is 0 Å². The molecule has 1 aliphatic carbocycles. The van der Waals surface area contributed by atoms with Crippen molar-refractivity contribution in [3.8, 4) is 0 Å². The molecule has 2 atom stereocenters. The first kappa shape index (κ1) is 18.2. The molecule has 0 heterocycles. The molecule has 136 valence electrons. The fourth-order valence-electron chi connectivity index (χ4n) is 2.94. The summed E-state index contributed by atoms with van der Waals surface area (Å²) in [4.78, 5) is 12.5. The van der Waals surface area contributed by atoms with Crippen LogP contribution < -0.4 is 10.0 Å². The highest BCUT2D eigenvalue weighted by Crippen LogP contribution is 2.53. The molecule has 1 aliphatic rings. The molecule has 0 spiro atoms. The van der Waals surface area contributed by atoms with Gasteiger partial charge in [0.1, 0.15) is 4.90 Å². The highest BCUT2D eigenvalue weighted by Gasteiger charge is 2.55. The second-order valence-corrected chi connectivity index (χ2v) is 8.38. The van der Waals surface area contributed by atoms with E-state index in [-0.39, 0.29) is 10.8 Å². The minimum Gasteiger partial charge on any atom is -0.380 e. The number of carbonyl (C=O) groups excluding carboxylic acids is 1. The minimum atomic E-state index is -3.97. The van der Waals surface area contributed by atoms with Crippen LogP contribution in [0.3, 0.4) is 0 Å². The zero-order chi connectivity index (χ0) is 18.8. The first-order valence-electron chi connectivity index (χ1n) is 8.43. The maximum Gasteiger partial charge on any atom is 0.266 e. The molecule has 2 aromatic carbocycles. The van der Waals surface area contributed by atoms with E-state index in [1.54, 1.807) is 31.2 Å². The number of allylic oxidation sites excluding steroid dienone is 1. The summed E-state index contributed by atoms with van der Waals surface area (Å²) < 4.78 is 27.7. The van der Waals surface area contributed by atoms with Crippen LogP contribution >= 0.6 is 0 Å². The summed E-state index contributed by atoms with van der Waals surface area (Å²) in [6.45, 7) is 5.92. The van der Waals surface area contributed by atoms with Gasteiger partial charge in [-0.05, 0) is 30.0 Å². The number of carbonyl (C=O) groups is 1. The van der Waals surface area contributed by atoms with Crippen molar-refractivity contribution in [2.24, 2.45) is 11.3 Å². The Morgan fingerprint density at radius 3 is 2.50 bits per heavy atom. The van der Waals surface area contributed by atoms with Crippen LogP contribution in [0.4, 0.5) is 5.69 Å². The van der Waals surface area contributed by atoms with E-state index in [1.165, 1.54) is 6.07 Å². The molecular weight excluding hydrogens is 348 g/mol. The topological polar surface area (TPSA) is 75.3 Å². The van der Waals surface area contributed by atoms with Gasteiger partial charge in [0.25, 0.3) is 10.0 Å². The smallest absolute Gasteiger partial charge is 0.266 e. The molecule has 0 aliphatic heterocycles. The van der Waals surface area contributed by atoms with Gasteiger partial charge in [-0.15, -0.1) is 6.58 Å². The maximum atomic E-state index is 12.7. The van der Waals surface area contributed by atoms with Crippen LogP contribution in [0, 0.1) is 11.3 Å². The first-order chi connectivity index (χ1) is 12.4. The lowest BCUT2D eigenvalue weighted by atomic mass is 10.1. The Bertz CT molecular complexity index is 925. The number of amides is 1. The van der Waals surface area contributed by atoms with Crippen LogP contribution in [-0.2, 0) is 21.4 Å². The van der Waals surface area contributed by atoms with E-state index in [2.05, 4.69) is 16.6 Å². The summed E-state index contributed by atoms with van der Waals surface area (Å²) >= 11 is 0. The van der Waals surface area contributed by atoms with Crippen LogP contribution in [0.2, 0.25) is 0 Å². The quantitative estimate of drug-likeness (QED) is 0.733. The molecule has 0 aromatic heterocycles. The molecule has 1 fully saturated rings. The fraction of sp³-hybridized carbons (Fsp3) is 0.250. The Morgan fingerprint density at radius 2 is 1.85 bits per heavy atom. The van der Waals surface area contributed by atoms with Crippen molar-refractivity contribution in [3.05, 3.63) is 72.8 Å². The SMILES string of the molecule is C=C[C@@H]1C[C@]1(C)C(=O)NS(=O)(=O)c1ccccc1NCc1ccccc1. The predicted molar refractivity (Wildman–Crippen MR) is 102 cm³/mol. The molecule has 1 amide bonds. The third kappa shape index (κ3) is 3.65. The van der Waals surface area contributed by atoms with Gasteiger partial charge in [0.2, 0.25) is 5.91 Å². The van der Waals surface area contributed by atoms with Crippen molar-refractivity contribution in [3.63, 3.8) is 0 Å². The van der Waals surface area contributed by atoms with Crippen molar-refractivity contribution in [1.82, 2.24) is 4.72 Å². The summed E-state index contributed by atoms with van der Waals surface area (Å²) in [6.07, 6.45) is 2.31. The lowest BCUT2D eigenvalue weighted by Gasteiger charge is -2.15. The Kier molecular flexibility index (Phi) is 4.87. The largest absolute Gasteiger partial charge is 0.380 e. The third-order valence-electron chi connectivity index (χ3n) is 4.83. The third-order valence-corrected chi connectivity index (χ3v) is 6.22. The summed E-state index contributed by atoms with van der Waals surface area (Å²) in [6, 6.07) is 16.2. The number of para-hydroxylation sites is 1. The monoisotopic (exact) mass is 370 g/mol. The number of rotatable bonds is 7. The van der Waals surface area contributed by atoms with Crippen LogP contribution in [-0.4, -0.2) is 14.3 Å². The maximum absolute atomic E-state index is 12.7. The first-order valence-corrected chi connectivity index (χ1v) is 9.92. The number of anilines is 1. The molecule has 1 saturated carbocycles. The minimum absolute atomic E-state index is 0.0177. The van der Waals surface area contributed by atoms with Gasteiger partial charge in [-0.1, -0.05) is 55.5 Å². The van der Waals surface area contributed by atoms with Gasteiger partial charge >= 0.3 is 0 Å². The summed E-state index contributed by atoms with van der Waals surface area (Å²) in [5.41, 5.74) is 0.794. The highest BCUT2D eigenvalue weighted by molar-refractivity contribution is 7.90. The predicted octanol–water partition coefficient (Wildman–Crippen LogP) is 3.32. The van der Waals surface area contributed by atoms with Gasteiger partial charge in [0.15, 0.2) is 0 Å². The molecule has 0 bridgehead atoms. The summed E-state index contributed by atoms with van der Waals surface area (Å²) in [7, 11) is -3.97. The molecule has 26 heavy (non-hydrogen) atoms. The normalized spacial score (nSPS) is 21.7. The standard InChI is InChI=1S/C20H22N2O3S/c1-3-16-13-20(16,2)19(23)22-26(24,25)18-12-8-7-11-17(18)21-14-15-9-5-4-6-10-15/h3-12,16,21H,1,13-14H2,2H3,(H,22,23)/t16-,20+/m1/s1. The molecule has 0 saturated heterocycles. The van der Waals surface area contributed by atoms with Gasteiger partial charge in [-0.25, -0.2) is 13.1 Å². The fourth-order valence-corrected chi connectivity index (χ4v) is 4.21. The Morgan fingerprint density at radius 1 is 1.19 bits per heavy atom. The molecule has 2 N–H and O–H groups in total.